The molecule has 1 saturated heterocycles. The van der Waals surface area contributed by atoms with Crippen LogP contribution in [-0.2, 0) is 15.1 Å². The van der Waals surface area contributed by atoms with Crippen LogP contribution in [0.1, 0.15) is 71.7 Å². The number of piperidine rings is 1. The van der Waals surface area contributed by atoms with E-state index in [-0.39, 0.29) is 11.9 Å². The Kier molecular flexibility index (Phi) is 7.99. The second-order valence-corrected chi connectivity index (χ2v) is 13.9. The number of carbonyl (C=O) groups excluding carboxylic acids is 3. The number of rotatable bonds is 5. The number of nitrogens with zero attached hydrogens (tertiary/aromatic N) is 2. The summed E-state index contributed by atoms with van der Waals surface area (Å²) in [5.74, 6) is 0.269. The van der Waals surface area contributed by atoms with Gasteiger partial charge in [-0.15, -0.1) is 11.3 Å². The van der Waals surface area contributed by atoms with E-state index in [2.05, 4.69) is 10.3 Å². The number of aromatic nitrogens is 1. The van der Waals surface area contributed by atoms with Crippen LogP contribution in [0.2, 0.25) is 0 Å². The Balaban J connectivity index is 1.34. The standard InChI is InChI=1S/C34H38N6O5S/c1-18-15-21(44-20-10-6-5-7-11-20)16-38-29(18)34(37)22-12-13-23(35)27-24(22)25(26(36)30(34)41)28(46-27)31(42)39-19-9-8-14-40(17-19)32(43)45-33(2,3)4/h5-7,10-13,15-16,19,26H,8-9,14,17,35-37H2,1-4H3,(H,39,42)/t19-,26-,34-/m1/s1. The zero-order valence-electron chi connectivity index (χ0n) is 26.3. The lowest BCUT2D eigenvalue weighted by Gasteiger charge is -2.36. The van der Waals surface area contributed by atoms with Crippen LogP contribution in [0.3, 0.4) is 0 Å². The largest absolute Gasteiger partial charge is 0.456 e. The number of thiophene rings is 1. The van der Waals surface area contributed by atoms with Gasteiger partial charge in [-0.2, -0.15) is 0 Å². The van der Waals surface area contributed by atoms with E-state index in [1.807, 2.05) is 58.0 Å². The fourth-order valence-electron chi connectivity index (χ4n) is 6.27. The monoisotopic (exact) mass is 642 g/mol. The molecule has 46 heavy (non-hydrogen) atoms. The summed E-state index contributed by atoms with van der Waals surface area (Å²) in [6.07, 6.45) is 2.50. The number of nitrogen functional groups attached to an aromatic ring is 1. The van der Waals surface area contributed by atoms with Crippen LogP contribution in [0, 0.1) is 6.92 Å². The molecule has 4 aromatic rings. The van der Waals surface area contributed by atoms with Crippen LogP contribution in [0.5, 0.6) is 11.5 Å². The van der Waals surface area contributed by atoms with Gasteiger partial charge in [-0.3, -0.25) is 14.6 Å². The van der Waals surface area contributed by atoms with Crippen molar-refractivity contribution in [2.24, 2.45) is 11.5 Å². The summed E-state index contributed by atoms with van der Waals surface area (Å²) < 4.78 is 12.1. The third-order valence-electron chi connectivity index (χ3n) is 8.33. The highest BCUT2D eigenvalue weighted by Crippen LogP contribution is 2.49. The maximum Gasteiger partial charge on any atom is 0.410 e. The first-order valence-corrected chi connectivity index (χ1v) is 16.0. The zero-order chi connectivity index (χ0) is 33.0. The smallest absolute Gasteiger partial charge is 0.410 e. The Morgan fingerprint density at radius 1 is 1.13 bits per heavy atom. The van der Waals surface area contributed by atoms with Crippen molar-refractivity contribution < 1.29 is 23.9 Å². The number of nitrogens with two attached hydrogens (primary N) is 3. The molecule has 240 valence electrons. The molecule has 3 heterocycles. The summed E-state index contributed by atoms with van der Waals surface area (Å²) in [6.45, 7) is 8.10. The Bertz CT molecular complexity index is 1850. The van der Waals surface area contributed by atoms with E-state index in [1.54, 1.807) is 23.1 Å². The predicted octanol–water partition coefficient (Wildman–Crippen LogP) is 4.89. The van der Waals surface area contributed by atoms with Crippen molar-refractivity contribution in [3.63, 3.8) is 0 Å². The van der Waals surface area contributed by atoms with Gasteiger partial charge in [-0.25, -0.2) is 4.79 Å². The number of para-hydroxylation sites is 1. The van der Waals surface area contributed by atoms with Crippen molar-refractivity contribution in [2.45, 2.75) is 63.8 Å². The molecular weight excluding hydrogens is 604 g/mol. The van der Waals surface area contributed by atoms with Gasteiger partial charge in [0.05, 0.1) is 27.5 Å². The molecule has 2 aromatic carbocycles. The third-order valence-corrected chi connectivity index (χ3v) is 9.59. The second-order valence-electron chi connectivity index (χ2n) is 12.9. The van der Waals surface area contributed by atoms with Gasteiger partial charge in [0.25, 0.3) is 5.91 Å². The zero-order valence-corrected chi connectivity index (χ0v) is 27.1. The number of Topliss-reactive ketones (excluding diaryl/α,β-unsaturated/α-hetero) is 1. The second kappa shape index (κ2) is 11.7. The van der Waals surface area contributed by atoms with Gasteiger partial charge in [-0.1, -0.05) is 24.3 Å². The minimum absolute atomic E-state index is 0.294. The number of hydrogen-bond donors (Lipinski definition) is 4. The molecule has 0 unspecified atom stereocenters. The summed E-state index contributed by atoms with van der Waals surface area (Å²) in [7, 11) is 0. The average molecular weight is 643 g/mol. The Labute approximate surface area is 271 Å². The number of amides is 2. The van der Waals surface area contributed by atoms with Crippen molar-refractivity contribution in [1.82, 2.24) is 15.2 Å². The minimum Gasteiger partial charge on any atom is -0.456 e. The van der Waals surface area contributed by atoms with Crippen LogP contribution in [0.25, 0.3) is 10.1 Å². The van der Waals surface area contributed by atoms with Crippen molar-refractivity contribution in [3.05, 3.63) is 82.0 Å². The van der Waals surface area contributed by atoms with E-state index in [4.69, 9.17) is 26.7 Å². The molecule has 12 heteroatoms. The van der Waals surface area contributed by atoms with Gasteiger partial charge >= 0.3 is 6.09 Å². The van der Waals surface area contributed by atoms with Gasteiger partial charge in [-0.05, 0) is 75.9 Å². The minimum atomic E-state index is -1.69. The molecular formula is C34H38N6O5S. The number of benzene rings is 2. The molecule has 1 aliphatic carbocycles. The highest BCUT2D eigenvalue weighted by molar-refractivity contribution is 7.21. The van der Waals surface area contributed by atoms with Crippen LogP contribution in [-0.4, -0.2) is 52.4 Å². The predicted molar refractivity (Wildman–Crippen MR) is 177 cm³/mol. The molecule has 6 rings (SSSR count). The molecule has 2 amide bonds. The number of aryl methyl sites for hydroxylation is 1. The molecule has 0 radical (unpaired) electrons. The van der Waals surface area contributed by atoms with Gasteiger partial charge in [0.2, 0.25) is 0 Å². The first kappa shape index (κ1) is 31.5. The third kappa shape index (κ3) is 5.57. The number of hydrogen-bond acceptors (Lipinski definition) is 10. The summed E-state index contributed by atoms with van der Waals surface area (Å²) in [4.78, 5) is 47.3. The van der Waals surface area contributed by atoms with Gasteiger partial charge in [0, 0.05) is 35.8 Å². The molecule has 11 nitrogen and oxygen atoms in total. The molecule has 0 saturated carbocycles. The summed E-state index contributed by atoms with van der Waals surface area (Å²) >= 11 is 1.18. The fourth-order valence-corrected chi connectivity index (χ4v) is 7.48. The lowest BCUT2D eigenvalue weighted by atomic mass is 9.71. The fraction of sp³-hybridized carbons (Fsp3) is 0.353. The maximum atomic E-state index is 14.2. The molecule has 3 atom stereocenters. The van der Waals surface area contributed by atoms with Crippen LogP contribution >= 0.6 is 11.3 Å². The molecule has 2 aliphatic rings. The van der Waals surface area contributed by atoms with Crippen LogP contribution < -0.4 is 27.3 Å². The quantitative estimate of drug-likeness (QED) is 0.221. The molecule has 7 N–H and O–H groups in total. The molecule has 0 spiro atoms. The van der Waals surface area contributed by atoms with Crippen LogP contribution in [0.15, 0.2) is 54.7 Å². The highest BCUT2D eigenvalue weighted by Gasteiger charge is 2.50. The van der Waals surface area contributed by atoms with Gasteiger partial charge < -0.3 is 36.9 Å². The number of ether oxygens (including phenoxy) is 2. The van der Waals surface area contributed by atoms with E-state index in [0.717, 1.165) is 0 Å². The number of nitrogens with one attached hydrogen (secondary N) is 1. The topological polar surface area (TPSA) is 176 Å². The van der Waals surface area contributed by atoms with E-state index in [1.165, 1.54) is 17.5 Å². The average Bonchev–Trinajstić information content (AvgIpc) is 3.41. The van der Waals surface area contributed by atoms with Crippen molar-refractivity contribution in [2.75, 3.05) is 18.8 Å². The maximum absolute atomic E-state index is 14.2. The van der Waals surface area contributed by atoms with Crippen molar-refractivity contribution >= 4 is 44.9 Å². The number of anilines is 1. The normalized spacial score (nSPS) is 21.3. The van der Waals surface area contributed by atoms with Gasteiger partial charge in [0.1, 0.15) is 22.6 Å². The molecule has 2 aromatic heterocycles. The van der Waals surface area contributed by atoms with Crippen LogP contribution in [0.4, 0.5) is 10.5 Å². The number of likely N-dealkylation sites (tertiary alicyclic amines) is 1. The molecule has 1 fully saturated rings. The van der Waals surface area contributed by atoms with Crippen molar-refractivity contribution in [1.29, 1.82) is 0 Å². The summed E-state index contributed by atoms with van der Waals surface area (Å²) in [5, 5.41) is 3.65. The number of pyridine rings is 1. The Morgan fingerprint density at radius 2 is 1.87 bits per heavy atom. The number of ketones is 1. The number of carbonyl (C=O) groups is 3. The van der Waals surface area contributed by atoms with Crippen molar-refractivity contribution in [3.8, 4) is 11.5 Å². The first-order valence-electron chi connectivity index (χ1n) is 15.2. The lowest BCUT2D eigenvalue weighted by Crippen LogP contribution is -2.53. The molecule has 0 bridgehead atoms. The summed E-state index contributed by atoms with van der Waals surface area (Å²) in [6, 6.07) is 13.0. The van der Waals surface area contributed by atoms with E-state index < -0.39 is 29.1 Å². The highest BCUT2D eigenvalue weighted by atomic mass is 32.1. The van der Waals surface area contributed by atoms with E-state index in [9.17, 15) is 14.4 Å². The Morgan fingerprint density at radius 3 is 2.57 bits per heavy atom. The van der Waals surface area contributed by atoms with E-state index in [0.29, 0.717) is 80.5 Å². The lowest BCUT2D eigenvalue weighted by molar-refractivity contribution is -0.124. The van der Waals surface area contributed by atoms with Gasteiger partial charge in [0.15, 0.2) is 5.78 Å². The first-order chi connectivity index (χ1) is 21.8. The Hall–Kier alpha value is -4.52. The SMILES string of the molecule is Cc1cc(Oc2ccccc2)cnc1[C@@]1(N)C(=O)[C@H](N)c2c(C(=O)N[C@@H]3CCCN(C(=O)OC(C)(C)C)C3)sc3c(N)ccc1c23. The molecule has 1 aliphatic heterocycles. The summed E-state index contributed by atoms with van der Waals surface area (Å²) in [5.41, 5.74) is 20.1. The van der Waals surface area contributed by atoms with E-state index >= 15 is 0 Å².